The van der Waals surface area contributed by atoms with Crippen molar-refractivity contribution in [2.24, 2.45) is 23.5 Å². The predicted octanol–water partition coefficient (Wildman–Crippen LogP) is 0.310. The van der Waals surface area contributed by atoms with Crippen LogP contribution in [0.2, 0.25) is 0 Å². The van der Waals surface area contributed by atoms with E-state index in [1.165, 1.54) is 12.1 Å². The van der Waals surface area contributed by atoms with Crippen LogP contribution in [0.1, 0.15) is 71.9 Å². The van der Waals surface area contributed by atoms with Crippen molar-refractivity contribution in [3.63, 3.8) is 0 Å². The topological polar surface area (TPSA) is 295 Å². The molecule has 2 aromatic carbocycles. The van der Waals surface area contributed by atoms with E-state index in [1.807, 2.05) is 30.3 Å². The van der Waals surface area contributed by atoms with Gasteiger partial charge in [-0.15, -0.1) is 0 Å². The van der Waals surface area contributed by atoms with Crippen LogP contribution >= 0.6 is 0 Å². The van der Waals surface area contributed by atoms with Gasteiger partial charge in [-0.1, -0.05) is 84.0 Å². The van der Waals surface area contributed by atoms with E-state index in [9.17, 15) is 53.7 Å². The second kappa shape index (κ2) is 23.3. The van der Waals surface area contributed by atoms with Crippen LogP contribution in [0.3, 0.4) is 0 Å². The molecule has 0 aliphatic rings. The highest BCUT2D eigenvalue weighted by atomic mass is 16.4. The second-order valence-corrected chi connectivity index (χ2v) is 15.2. The summed E-state index contributed by atoms with van der Waals surface area (Å²) in [5, 5.41) is 44.1. The first-order chi connectivity index (χ1) is 27.2. The standard InChI is InChI=1S/C40H57N7O11/c1-21(2)16-30(40(57)58)45-37(54)29(19-32(50)51)43-36(53)28(18-31(41)49)44-38(55)33(22(3)4)47-39(56)34(23(5)6)46-35(52)27(17-24-12-14-26(48)15-13-24)42-20-25-10-8-7-9-11-25/h7-15,21-23,27-30,33-34,42,48H,16-20H2,1-6H3,(H2,41,49)(H,43,53)(H,44,55)(H,45,54)(H,46,52)(H,47,56)(H,50,51)(H,57,58)/t27-,28-,29-,30-,33-,34-/m0/s1. The van der Waals surface area contributed by atoms with Crippen molar-refractivity contribution in [1.29, 1.82) is 0 Å². The van der Waals surface area contributed by atoms with Gasteiger partial charge in [-0.05, 0) is 53.9 Å². The number of carbonyl (C=O) groups excluding carboxylic acids is 6. The second-order valence-electron chi connectivity index (χ2n) is 15.2. The molecule has 0 saturated heterocycles. The van der Waals surface area contributed by atoms with Crippen LogP contribution in [0.15, 0.2) is 54.6 Å². The van der Waals surface area contributed by atoms with Gasteiger partial charge in [0.25, 0.3) is 0 Å². The van der Waals surface area contributed by atoms with E-state index < -0.39 is 108 Å². The minimum absolute atomic E-state index is 0.00433. The van der Waals surface area contributed by atoms with Crippen molar-refractivity contribution in [2.45, 2.75) is 110 Å². The van der Waals surface area contributed by atoms with Crippen LogP contribution in [0.25, 0.3) is 0 Å². The Morgan fingerprint density at radius 1 is 0.569 bits per heavy atom. The summed E-state index contributed by atoms with van der Waals surface area (Å²) in [6, 6.07) is 7.46. The molecular formula is C40H57N7O11. The molecule has 0 heterocycles. The average molecular weight is 812 g/mol. The van der Waals surface area contributed by atoms with Gasteiger partial charge in [0, 0.05) is 6.54 Å². The highest BCUT2D eigenvalue weighted by Gasteiger charge is 2.36. The van der Waals surface area contributed by atoms with Crippen molar-refractivity contribution in [3.05, 3.63) is 65.7 Å². The van der Waals surface area contributed by atoms with E-state index >= 15 is 0 Å². The van der Waals surface area contributed by atoms with Gasteiger partial charge in [-0.2, -0.15) is 0 Å². The molecule has 0 unspecified atom stereocenters. The zero-order chi connectivity index (χ0) is 43.7. The zero-order valence-corrected chi connectivity index (χ0v) is 33.6. The van der Waals surface area contributed by atoms with Crippen molar-refractivity contribution < 1.29 is 53.7 Å². The lowest BCUT2D eigenvalue weighted by Crippen LogP contribution is -2.61. The van der Waals surface area contributed by atoms with Crippen LogP contribution < -0.4 is 37.6 Å². The van der Waals surface area contributed by atoms with Crippen LogP contribution in [0.5, 0.6) is 5.75 Å². The Balaban J connectivity index is 2.28. The molecule has 0 aromatic heterocycles. The number of carboxylic acid groups (broad SMARTS) is 2. The fraction of sp³-hybridized carbons (Fsp3) is 0.500. The lowest BCUT2D eigenvalue weighted by molar-refractivity contribution is -0.144. The molecule has 2 aromatic rings. The van der Waals surface area contributed by atoms with Crippen LogP contribution in [-0.2, 0) is 51.3 Å². The number of rotatable bonds is 24. The third-order valence-corrected chi connectivity index (χ3v) is 8.95. The molecule has 0 bridgehead atoms. The summed E-state index contributed by atoms with van der Waals surface area (Å²) in [7, 11) is 0. The van der Waals surface area contributed by atoms with Gasteiger partial charge in [0.1, 0.15) is 36.0 Å². The van der Waals surface area contributed by atoms with E-state index in [4.69, 9.17) is 5.73 Å². The number of aromatic hydroxyl groups is 1. The largest absolute Gasteiger partial charge is 0.508 e. The van der Waals surface area contributed by atoms with Crippen molar-refractivity contribution in [2.75, 3.05) is 0 Å². The average Bonchev–Trinajstić information content (AvgIpc) is 3.13. The summed E-state index contributed by atoms with van der Waals surface area (Å²) in [6.45, 7) is 10.3. The minimum Gasteiger partial charge on any atom is -0.508 e. The smallest absolute Gasteiger partial charge is 0.326 e. The maximum absolute atomic E-state index is 13.8. The van der Waals surface area contributed by atoms with E-state index in [0.29, 0.717) is 6.54 Å². The molecule has 18 nitrogen and oxygen atoms in total. The third-order valence-electron chi connectivity index (χ3n) is 8.95. The number of phenols is 1. The molecule has 58 heavy (non-hydrogen) atoms. The number of carbonyl (C=O) groups is 8. The number of hydrogen-bond acceptors (Lipinski definition) is 10. The van der Waals surface area contributed by atoms with E-state index in [0.717, 1.165) is 11.1 Å². The lowest BCUT2D eigenvalue weighted by atomic mass is 9.98. The fourth-order valence-electron chi connectivity index (χ4n) is 5.82. The number of amides is 6. The number of phenolic OH excluding ortho intramolecular Hbond substituents is 1. The Morgan fingerprint density at radius 2 is 1.03 bits per heavy atom. The molecule has 18 heteroatoms. The van der Waals surface area contributed by atoms with Crippen LogP contribution in [0.4, 0.5) is 0 Å². The number of aliphatic carboxylic acids is 2. The maximum atomic E-state index is 13.8. The van der Waals surface area contributed by atoms with Crippen LogP contribution in [-0.4, -0.2) is 99.0 Å². The molecule has 11 N–H and O–H groups in total. The van der Waals surface area contributed by atoms with E-state index in [1.54, 1.807) is 53.7 Å². The van der Waals surface area contributed by atoms with Gasteiger partial charge in [0.2, 0.25) is 35.4 Å². The van der Waals surface area contributed by atoms with Crippen molar-refractivity contribution >= 4 is 47.4 Å². The van der Waals surface area contributed by atoms with Crippen molar-refractivity contribution in [1.82, 2.24) is 31.9 Å². The summed E-state index contributed by atoms with van der Waals surface area (Å²) >= 11 is 0. The Kier molecular flexibility index (Phi) is 19.3. The zero-order valence-electron chi connectivity index (χ0n) is 33.6. The molecule has 0 aliphatic heterocycles. The molecule has 0 radical (unpaired) electrons. The molecular weight excluding hydrogens is 754 g/mol. The number of hydrogen-bond donors (Lipinski definition) is 10. The molecule has 0 aliphatic carbocycles. The molecule has 0 saturated carbocycles. The van der Waals surface area contributed by atoms with Crippen molar-refractivity contribution in [3.8, 4) is 5.75 Å². The number of benzene rings is 2. The minimum atomic E-state index is -1.80. The Morgan fingerprint density at radius 3 is 1.52 bits per heavy atom. The van der Waals surface area contributed by atoms with Gasteiger partial charge >= 0.3 is 11.9 Å². The molecule has 2 rings (SSSR count). The normalized spacial score (nSPS) is 14.3. The Hall–Kier alpha value is -6.04. The van der Waals surface area contributed by atoms with E-state index in [2.05, 4.69) is 31.9 Å². The summed E-state index contributed by atoms with van der Waals surface area (Å²) in [5.41, 5.74) is 7.01. The predicted molar refractivity (Wildman–Crippen MR) is 211 cm³/mol. The van der Waals surface area contributed by atoms with Gasteiger partial charge < -0.3 is 53.0 Å². The first kappa shape index (κ1) is 48.1. The highest BCUT2D eigenvalue weighted by Crippen LogP contribution is 2.14. The maximum Gasteiger partial charge on any atom is 0.326 e. The van der Waals surface area contributed by atoms with Gasteiger partial charge in [0.05, 0.1) is 18.9 Å². The monoisotopic (exact) mass is 811 g/mol. The lowest BCUT2D eigenvalue weighted by Gasteiger charge is -2.29. The number of carboxylic acids is 2. The quantitative estimate of drug-likeness (QED) is 0.0686. The van der Waals surface area contributed by atoms with Gasteiger partial charge in [-0.3, -0.25) is 33.6 Å². The molecule has 0 spiro atoms. The first-order valence-corrected chi connectivity index (χ1v) is 19.0. The number of nitrogens with two attached hydrogens (primary N) is 1. The Labute approximate surface area is 337 Å². The fourth-order valence-corrected chi connectivity index (χ4v) is 5.82. The SMILES string of the molecule is CC(C)C[C@H](NC(=O)[C@H](CC(=O)O)NC(=O)[C@H](CC(N)=O)NC(=O)[C@@H](NC(=O)[C@@H](NC(=O)[C@H](Cc1ccc(O)cc1)NCc1ccccc1)C(C)C)C(C)C)C(=O)O. The summed E-state index contributed by atoms with van der Waals surface area (Å²) in [6.07, 6.45) is -1.54. The molecule has 0 fully saturated rings. The molecule has 6 atom stereocenters. The summed E-state index contributed by atoms with van der Waals surface area (Å²) in [4.78, 5) is 103. The molecule has 318 valence electrons. The first-order valence-electron chi connectivity index (χ1n) is 19.0. The van der Waals surface area contributed by atoms with Gasteiger partial charge in [0.15, 0.2) is 0 Å². The third kappa shape index (κ3) is 16.6. The Bertz CT molecular complexity index is 1740. The van der Waals surface area contributed by atoms with E-state index in [-0.39, 0.29) is 24.5 Å². The number of primary amides is 1. The summed E-state index contributed by atoms with van der Waals surface area (Å²) in [5.74, 6) is -9.61. The highest BCUT2D eigenvalue weighted by molar-refractivity contribution is 5.98. The molecule has 6 amide bonds. The summed E-state index contributed by atoms with van der Waals surface area (Å²) < 4.78 is 0. The number of nitrogens with one attached hydrogen (secondary N) is 6. The van der Waals surface area contributed by atoms with Crippen LogP contribution in [0, 0.1) is 17.8 Å². The van der Waals surface area contributed by atoms with Gasteiger partial charge in [-0.25, -0.2) is 4.79 Å².